The summed E-state index contributed by atoms with van der Waals surface area (Å²) >= 11 is 0. The zero-order valence-electron chi connectivity index (χ0n) is 20.7. The van der Waals surface area contributed by atoms with Gasteiger partial charge in [0, 0.05) is 11.1 Å². The van der Waals surface area contributed by atoms with Crippen LogP contribution in [-0.2, 0) is 12.4 Å². The summed E-state index contributed by atoms with van der Waals surface area (Å²) in [5, 5.41) is 18.8. The predicted molar refractivity (Wildman–Crippen MR) is 135 cm³/mol. The maximum atomic E-state index is 13.7. The second-order valence-corrected chi connectivity index (χ2v) is 9.41. The minimum absolute atomic E-state index is 0.0457. The molecule has 0 bridgehead atoms. The van der Waals surface area contributed by atoms with Crippen LogP contribution in [0.2, 0.25) is 0 Å². The molecule has 9 heteroatoms. The van der Waals surface area contributed by atoms with E-state index in [1.54, 1.807) is 19.1 Å². The van der Waals surface area contributed by atoms with Crippen molar-refractivity contribution in [2.45, 2.75) is 45.1 Å². The average Bonchev–Trinajstić information content (AvgIpc) is 3.36. The number of aliphatic imine (C=N–C) groups is 1. The van der Waals surface area contributed by atoms with Gasteiger partial charge in [0.25, 0.3) is 0 Å². The molecule has 196 valence electrons. The Kier molecular flexibility index (Phi) is 6.14. The Morgan fingerprint density at radius 3 is 1.79 bits per heavy atom. The van der Waals surface area contributed by atoms with Gasteiger partial charge < -0.3 is 0 Å². The van der Waals surface area contributed by atoms with Crippen LogP contribution in [0.15, 0.2) is 59.1 Å². The van der Waals surface area contributed by atoms with Gasteiger partial charge in [0.2, 0.25) is 0 Å². The molecule has 1 unspecified atom stereocenters. The normalized spacial score (nSPS) is 16.6. The van der Waals surface area contributed by atoms with Gasteiger partial charge in [-0.25, -0.2) is 0 Å². The molecule has 0 aromatic heterocycles. The van der Waals surface area contributed by atoms with E-state index < -0.39 is 29.5 Å². The van der Waals surface area contributed by atoms with Gasteiger partial charge in [-0.15, -0.1) is 0 Å². The second-order valence-electron chi connectivity index (χ2n) is 9.41. The number of allylic oxidation sites excluding steroid dienone is 1. The lowest BCUT2D eigenvalue weighted by Crippen LogP contribution is -2.07. The molecule has 2 aliphatic carbocycles. The number of halogens is 6. The number of rotatable bonds is 3. The van der Waals surface area contributed by atoms with Crippen molar-refractivity contribution < 1.29 is 26.3 Å². The van der Waals surface area contributed by atoms with Crippen molar-refractivity contribution in [3.05, 3.63) is 87.5 Å². The van der Waals surface area contributed by atoms with Crippen LogP contribution in [0.3, 0.4) is 0 Å². The average molecular weight is 535 g/mol. The summed E-state index contributed by atoms with van der Waals surface area (Å²) < 4.78 is 81.8. The quantitative estimate of drug-likeness (QED) is 0.217. The molecule has 0 fully saturated rings. The zero-order valence-corrected chi connectivity index (χ0v) is 20.7. The van der Waals surface area contributed by atoms with Crippen molar-refractivity contribution in [2.24, 2.45) is 4.99 Å². The summed E-state index contributed by atoms with van der Waals surface area (Å²) in [6.07, 6.45) is -8.67. The molecule has 0 amide bonds. The van der Waals surface area contributed by atoms with Crippen LogP contribution < -0.4 is 0 Å². The number of nitrogens with zero attached hydrogens (tertiary/aromatic N) is 3. The van der Waals surface area contributed by atoms with Gasteiger partial charge in [-0.05, 0) is 94.3 Å². The van der Waals surface area contributed by atoms with E-state index in [-0.39, 0.29) is 12.0 Å². The van der Waals surface area contributed by atoms with Crippen LogP contribution in [0.1, 0.15) is 60.1 Å². The number of nitriles is 2. The first-order chi connectivity index (χ1) is 18.4. The molecule has 3 aromatic rings. The lowest BCUT2D eigenvalue weighted by Gasteiger charge is -2.12. The molecule has 0 saturated heterocycles. The van der Waals surface area contributed by atoms with Crippen molar-refractivity contribution >= 4 is 11.3 Å². The molecular formula is C30H19F6N3. The highest BCUT2D eigenvalue weighted by atomic mass is 19.4. The molecule has 0 spiro atoms. The zero-order chi connectivity index (χ0) is 28.3. The fourth-order valence-corrected chi connectivity index (χ4v) is 5.28. The largest absolute Gasteiger partial charge is 0.416 e. The molecule has 0 aliphatic heterocycles. The van der Waals surface area contributed by atoms with Gasteiger partial charge in [-0.2, -0.15) is 36.9 Å². The van der Waals surface area contributed by atoms with Gasteiger partial charge in [-0.3, -0.25) is 4.99 Å². The smallest absolute Gasteiger partial charge is 0.266 e. The van der Waals surface area contributed by atoms with E-state index in [4.69, 9.17) is 0 Å². The van der Waals surface area contributed by atoms with Crippen molar-refractivity contribution in [3.8, 4) is 34.4 Å². The number of hydrogen-bond acceptors (Lipinski definition) is 3. The Morgan fingerprint density at radius 2 is 1.26 bits per heavy atom. The predicted octanol–water partition coefficient (Wildman–Crippen LogP) is 8.56. The Morgan fingerprint density at radius 1 is 0.744 bits per heavy atom. The van der Waals surface area contributed by atoms with Crippen LogP contribution in [0.25, 0.3) is 27.8 Å². The van der Waals surface area contributed by atoms with E-state index in [0.717, 1.165) is 24.3 Å². The van der Waals surface area contributed by atoms with Gasteiger partial charge in [0.1, 0.15) is 6.04 Å². The standard InChI is InChI=1S/C30H19F6N3/c1-3-16(8-9-37)27-19-6-4-17(29(31,32)33)10-21(19)23-13-26-24(12-25(23)27)22-11-18(30(34,35)36)5-7-20(22)28(26)39-15(2)14-38/h4-7,10-13,15H,3,8H2,1-2H3/b27-16+,39-28?. The highest BCUT2D eigenvalue weighted by Gasteiger charge is 2.38. The summed E-state index contributed by atoms with van der Waals surface area (Å²) in [4.78, 5) is 4.45. The first-order valence-electron chi connectivity index (χ1n) is 12.1. The molecular weight excluding hydrogens is 516 g/mol. The topological polar surface area (TPSA) is 59.9 Å². The molecule has 5 rings (SSSR count). The van der Waals surface area contributed by atoms with Crippen LogP contribution >= 0.6 is 0 Å². The summed E-state index contributed by atoms with van der Waals surface area (Å²) in [7, 11) is 0. The monoisotopic (exact) mass is 535 g/mol. The fourth-order valence-electron chi connectivity index (χ4n) is 5.28. The van der Waals surface area contributed by atoms with Gasteiger partial charge in [0.05, 0.1) is 35.4 Å². The highest BCUT2D eigenvalue weighted by molar-refractivity contribution is 6.26. The SMILES string of the molecule is CC/C(CC#N)=C1/c2ccc(C(F)(F)F)cc2-c2cc3c(cc21)-c1cc(C(F)(F)F)ccc1C3=NC(C)C#N. The number of fused-ring (bicyclic) bond motifs is 6. The summed E-state index contributed by atoms with van der Waals surface area (Å²) in [6.45, 7) is 3.39. The number of benzene rings is 3. The van der Waals surface area contributed by atoms with Crippen molar-refractivity contribution in [1.82, 2.24) is 0 Å². The molecule has 0 saturated carbocycles. The van der Waals surface area contributed by atoms with Gasteiger partial charge >= 0.3 is 12.4 Å². The van der Waals surface area contributed by atoms with Crippen LogP contribution in [-0.4, -0.2) is 11.8 Å². The Labute approximate surface area is 220 Å². The van der Waals surface area contributed by atoms with Gasteiger partial charge in [0.15, 0.2) is 0 Å². The second kappa shape index (κ2) is 9.13. The third kappa shape index (κ3) is 4.28. The van der Waals surface area contributed by atoms with Gasteiger partial charge in [-0.1, -0.05) is 19.1 Å². The molecule has 39 heavy (non-hydrogen) atoms. The molecule has 0 N–H and O–H groups in total. The fraction of sp³-hybridized carbons (Fsp3) is 0.233. The summed E-state index contributed by atoms with van der Waals surface area (Å²) in [6, 6.07) is 13.3. The third-order valence-electron chi connectivity index (χ3n) is 7.06. The van der Waals surface area contributed by atoms with Crippen molar-refractivity contribution in [2.75, 3.05) is 0 Å². The van der Waals surface area contributed by atoms with Crippen LogP contribution in [0.5, 0.6) is 0 Å². The first kappa shape index (κ1) is 26.2. The first-order valence-corrected chi connectivity index (χ1v) is 12.1. The minimum atomic E-state index is -4.59. The van der Waals surface area contributed by atoms with Crippen molar-refractivity contribution in [3.63, 3.8) is 0 Å². The highest BCUT2D eigenvalue weighted by Crippen LogP contribution is 2.52. The maximum absolute atomic E-state index is 13.7. The maximum Gasteiger partial charge on any atom is 0.416 e. The minimum Gasteiger partial charge on any atom is -0.266 e. The Hall–Kier alpha value is -4.37. The van der Waals surface area contributed by atoms with E-state index in [1.807, 2.05) is 13.0 Å². The lowest BCUT2D eigenvalue weighted by molar-refractivity contribution is -0.138. The van der Waals surface area contributed by atoms with E-state index in [0.29, 0.717) is 62.2 Å². The summed E-state index contributed by atoms with van der Waals surface area (Å²) in [5.74, 6) is 0. The molecule has 2 aliphatic rings. The number of hydrogen-bond donors (Lipinski definition) is 0. The Balaban J connectivity index is 1.87. The molecule has 0 heterocycles. The van der Waals surface area contributed by atoms with E-state index >= 15 is 0 Å². The third-order valence-corrected chi connectivity index (χ3v) is 7.06. The van der Waals surface area contributed by atoms with Crippen LogP contribution in [0, 0.1) is 22.7 Å². The van der Waals surface area contributed by atoms with E-state index in [1.165, 1.54) is 12.1 Å². The van der Waals surface area contributed by atoms with Crippen molar-refractivity contribution in [1.29, 1.82) is 10.5 Å². The van der Waals surface area contributed by atoms with E-state index in [9.17, 15) is 36.9 Å². The number of alkyl halides is 6. The van der Waals surface area contributed by atoms with Crippen LogP contribution in [0.4, 0.5) is 26.3 Å². The molecule has 3 nitrogen and oxygen atoms in total. The molecule has 3 aromatic carbocycles. The molecule has 0 radical (unpaired) electrons. The Bertz CT molecular complexity index is 1680. The summed E-state index contributed by atoms with van der Waals surface area (Å²) in [5.41, 5.74) is 3.38. The molecule has 1 atom stereocenters. The van der Waals surface area contributed by atoms with E-state index in [2.05, 4.69) is 11.1 Å². The lowest BCUT2D eigenvalue weighted by atomic mass is 9.92.